The summed E-state index contributed by atoms with van der Waals surface area (Å²) >= 11 is 0. The van der Waals surface area contributed by atoms with Crippen LogP contribution in [0.2, 0.25) is 0 Å². The van der Waals surface area contributed by atoms with Crippen LogP contribution in [-0.2, 0) is 14.2 Å². The van der Waals surface area contributed by atoms with Gasteiger partial charge in [0, 0.05) is 0 Å². The van der Waals surface area contributed by atoms with Crippen molar-refractivity contribution in [2.75, 3.05) is 26.4 Å². The van der Waals surface area contributed by atoms with E-state index >= 15 is 0 Å². The molecule has 0 radical (unpaired) electrons. The zero-order chi connectivity index (χ0) is 10.3. The van der Waals surface area contributed by atoms with E-state index in [0.717, 1.165) is 26.4 Å². The molecule has 2 saturated heterocycles. The highest BCUT2D eigenvalue weighted by atomic mass is 16.6. The van der Waals surface area contributed by atoms with Gasteiger partial charge in [0.2, 0.25) is 0 Å². The maximum Gasteiger partial charge on any atom is 0.104 e. The summed E-state index contributed by atoms with van der Waals surface area (Å²) in [6, 6.07) is 0. The van der Waals surface area contributed by atoms with Gasteiger partial charge in [-0.3, -0.25) is 0 Å². The normalized spacial score (nSPS) is 30.7. The average Bonchev–Trinajstić information content (AvgIpc) is 3.16. The summed E-state index contributed by atoms with van der Waals surface area (Å²) in [4.78, 5) is 0. The topological polar surface area (TPSA) is 34.3 Å². The highest BCUT2D eigenvalue weighted by molar-refractivity contribution is 5.07. The van der Waals surface area contributed by atoms with Crippen LogP contribution in [0.15, 0.2) is 24.3 Å². The number of hydrogen-bond donors (Lipinski definition) is 0. The van der Waals surface area contributed by atoms with E-state index in [9.17, 15) is 0 Å². The number of hydrogen-bond acceptors (Lipinski definition) is 3. The summed E-state index contributed by atoms with van der Waals surface area (Å²) < 4.78 is 15.1. The third-order valence-electron chi connectivity index (χ3n) is 2.30. The van der Waals surface area contributed by atoms with Gasteiger partial charge in [0.1, 0.15) is 12.2 Å². The molecule has 2 heterocycles. The van der Waals surface area contributed by atoms with Crippen molar-refractivity contribution >= 4 is 0 Å². The minimum atomic E-state index is 0.392. The van der Waals surface area contributed by atoms with Gasteiger partial charge in [-0.1, -0.05) is 24.3 Å². The van der Waals surface area contributed by atoms with Gasteiger partial charge in [0.25, 0.3) is 0 Å². The second-order valence-corrected chi connectivity index (χ2v) is 3.88. The Morgan fingerprint density at radius 3 is 1.67 bits per heavy atom. The molecule has 0 aromatic heterocycles. The first-order valence-electron chi connectivity index (χ1n) is 5.58. The van der Waals surface area contributed by atoms with Crippen molar-refractivity contribution in [3.63, 3.8) is 0 Å². The molecule has 84 valence electrons. The Labute approximate surface area is 90.7 Å². The molecular formula is C12H18O3. The summed E-state index contributed by atoms with van der Waals surface area (Å²) in [7, 11) is 0. The summed E-state index contributed by atoms with van der Waals surface area (Å²) in [5.41, 5.74) is 0. The fourth-order valence-corrected chi connectivity index (χ4v) is 1.20. The van der Waals surface area contributed by atoms with E-state index in [0.29, 0.717) is 12.2 Å². The molecule has 0 aromatic rings. The molecule has 2 atom stereocenters. The fourth-order valence-electron chi connectivity index (χ4n) is 1.20. The zero-order valence-electron chi connectivity index (χ0n) is 8.93. The quantitative estimate of drug-likeness (QED) is 0.662. The van der Waals surface area contributed by atoms with Crippen molar-refractivity contribution in [2.24, 2.45) is 0 Å². The van der Waals surface area contributed by atoms with Gasteiger partial charge in [-0.05, 0) is 12.8 Å². The molecule has 2 fully saturated rings. The molecule has 1 aliphatic carbocycles. The van der Waals surface area contributed by atoms with Crippen molar-refractivity contribution in [2.45, 2.75) is 25.0 Å². The van der Waals surface area contributed by atoms with Crippen LogP contribution in [0.5, 0.6) is 0 Å². The van der Waals surface area contributed by atoms with Gasteiger partial charge in [-0.25, -0.2) is 0 Å². The van der Waals surface area contributed by atoms with Crippen molar-refractivity contribution in [3.8, 4) is 0 Å². The second kappa shape index (κ2) is 6.05. The maximum atomic E-state index is 5.23. The molecule has 3 rings (SSSR count). The molecule has 2 aliphatic heterocycles. The Morgan fingerprint density at radius 1 is 0.933 bits per heavy atom. The standard InChI is InChI=1S/C6H10O3.C6H8/c1(5-3-8-5)7-2-6-4-9-6;1-2-4-6-5-3-1/h5-6H,1-4H2;1-4H,5-6H2. The smallest absolute Gasteiger partial charge is 0.104 e. The van der Waals surface area contributed by atoms with Gasteiger partial charge >= 0.3 is 0 Å². The van der Waals surface area contributed by atoms with Crippen LogP contribution in [-0.4, -0.2) is 38.6 Å². The lowest BCUT2D eigenvalue weighted by molar-refractivity contribution is 0.102. The average molecular weight is 210 g/mol. The van der Waals surface area contributed by atoms with Crippen LogP contribution in [0.25, 0.3) is 0 Å². The van der Waals surface area contributed by atoms with Crippen molar-refractivity contribution in [3.05, 3.63) is 24.3 Å². The largest absolute Gasteiger partial charge is 0.376 e. The second-order valence-electron chi connectivity index (χ2n) is 3.88. The molecule has 0 bridgehead atoms. The van der Waals surface area contributed by atoms with E-state index < -0.39 is 0 Å². The Kier molecular flexibility index (Phi) is 4.39. The first kappa shape index (κ1) is 10.9. The van der Waals surface area contributed by atoms with E-state index in [1.807, 2.05) is 0 Å². The van der Waals surface area contributed by atoms with Crippen molar-refractivity contribution in [1.29, 1.82) is 0 Å². The Morgan fingerprint density at radius 2 is 1.40 bits per heavy atom. The SMILES string of the molecule is C(OCC1CO1)C1CO1.C1=CCCC=C1. The van der Waals surface area contributed by atoms with Crippen LogP contribution in [0, 0.1) is 0 Å². The van der Waals surface area contributed by atoms with Crippen LogP contribution in [0.1, 0.15) is 12.8 Å². The molecule has 2 unspecified atom stereocenters. The maximum absolute atomic E-state index is 5.23. The molecule has 0 spiro atoms. The van der Waals surface area contributed by atoms with E-state index in [2.05, 4.69) is 24.3 Å². The minimum absolute atomic E-state index is 0.392. The first-order valence-corrected chi connectivity index (χ1v) is 5.58. The fraction of sp³-hybridized carbons (Fsp3) is 0.667. The Hall–Kier alpha value is -0.640. The first-order chi connectivity index (χ1) is 7.45. The van der Waals surface area contributed by atoms with Crippen molar-refractivity contribution < 1.29 is 14.2 Å². The lowest BCUT2D eigenvalue weighted by atomic mass is 10.2. The van der Waals surface area contributed by atoms with Crippen LogP contribution >= 0.6 is 0 Å². The molecule has 0 saturated carbocycles. The molecule has 0 N–H and O–H groups in total. The number of ether oxygens (including phenoxy) is 3. The van der Waals surface area contributed by atoms with Gasteiger partial charge < -0.3 is 14.2 Å². The lowest BCUT2D eigenvalue weighted by Crippen LogP contribution is -2.06. The highest BCUT2D eigenvalue weighted by Crippen LogP contribution is 2.12. The van der Waals surface area contributed by atoms with Gasteiger partial charge in [0.05, 0.1) is 26.4 Å². The monoisotopic (exact) mass is 210 g/mol. The Balaban J connectivity index is 0.000000124. The zero-order valence-corrected chi connectivity index (χ0v) is 8.93. The minimum Gasteiger partial charge on any atom is -0.376 e. The predicted octanol–water partition coefficient (Wildman–Crippen LogP) is 1.69. The van der Waals surface area contributed by atoms with Gasteiger partial charge in [0.15, 0.2) is 0 Å². The van der Waals surface area contributed by atoms with E-state index in [4.69, 9.17) is 14.2 Å². The third-order valence-corrected chi connectivity index (χ3v) is 2.30. The molecule has 0 amide bonds. The molecule has 0 aromatic carbocycles. The molecular weight excluding hydrogens is 192 g/mol. The third kappa shape index (κ3) is 5.72. The summed E-state index contributed by atoms with van der Waals surface area (Å²) in [5, 5.41) is 0. The lowest BCUT2D eigenvalue weighted by Gasteiger charge is -1.95. The number of allylic oxidation sites excluding steroid dienone is 4. The molecule has 3 heteroatoms. The van der Waals surface area contributed by atoms with Crippen LogP contribution < -0.4 is 0 Å². The number of epoxide rings is 2. The van der Waals surface area contributed by atoms with E-state index in [1.165, 1.54) is 12.8 Å². The summed E-state index contributed by atoms with van der Waals surface area (Å²) in [6.07, 6.45) is 11.8. The molecule has 3 nitrogen and oxygen atoms in total. The molecule has 3 aliphatic rings. The van der Waals surface area contributed by atoms with Crippen LogP contribution in [0.4, 0.5) is 0 Å². The van der Waals surface area contributed by atoms with Crippen molar-refractivity contribution in [1.82, 2.24) is 0 Å². The molecule has 15 heavy (non-hydrogen) atoms. The number of rotatable bonds is 4. The van der Waals surface area contributed by atoms with Gasteiger partial charge in [-0.2, -0.15) is 0 Å². The highest BCUT2D eigenvalue weighted by Gasteiger charge is 2.26. The predicted molar refractivity (Wildman–Crippen MR) is 57.8 cm³/mol. The van der Waals surface area contributed by atoms with E-state index in [1.54, 1.807) is 0 Å². The Bertz CT molecular complexity index is 203. The van der Waals surface area contributed by atoms with E-state index in [-0.39, 0.29) is 0 Å². The van der Waals surface area contributed by atoms with Gasteiger partial charge in [-0.15, -0.1) is 0 Å². The van der Waals surface area contributed by atoms with Crippen LogP contribution in [0.3, 0.4) is 0 Å². The summed E-state index contributed by atoms with van der Waals surface area (Å²) in [5.74, 6) is 0. The summed E-state index contributed by atoms with van der Waals surface area (Å²) in [6.45, 7) is 3.26.